The molecule has 0 amide bonds. The van der Waals surface area contributed by atoms with Gasteiger partial charge in [0.1, 0.15) is 58.6 Å². The van der Waals surface area contributed by atoms with E-state index in [-0.39, 0.29) is 0 Å². The van der Waals surface area contributed by atoms with Gasteiger partial charge in [0.25, 0.3) is 0 Å². The van der Waals surface area contributed by atoms with Gasteiger partial charge in [-0.2, -0.15) is 0 Å². The fourth-order valence-electron chi connectivity index (χ4n) is 11.7. The molecule has 0 atom stereocenters. The molecule has 2 aliphatic heterocycles. The Kier molecular flexibility index (Phi) is 17.4. The van der Waals surface area contributed by atoms with Gasteiger partial charge in [0.05, 0.1) is 15.4 Å². The van der Waals surface area contributed by atoms with Crippen molar-refractivity contribution in [2.24, 2.45) is 4.30 Å². The van der Waals surface area contributed by atoms with Gasteiger partial charge in [-0.1, -0.05) is 60.7 Å². The Balaban J connectivity index is 0.000000165. The maximum absolute atomic E-state index is 6.45. The summed E-state index contributed by atoms with van der Waals surface area (Å²) >= 11 is 7.16. The number of likely N-dealkylation sites (N-methyl/N-ethyl adjacent to an activating group) is 2. The molecule has 4 fully saturated rings. The molecule has 1 radical (unpaired) electrons. The van der Waals surface area contributed by atoms with Crippen molar-refractivity contribution in [3.8, 4) is 45.3 Å². The second-order valence-corrected chi connectivity index (χ2v) is 21.5. The van der Waals surface area contributed by atoms with E-state index >= 15 is 0 Å². The van der Waals surface area contributed by atoms with Gasteiger partial charge >= 0.3 is 24.8 Å². The SMILES string of the molecule is CN1CCN(C2CCC(n3c(Br)c(-c4ccc(Oc5ccccc5)cc4)c4c(N)ncnc43)CC2)CC1.CN1CCN(C2CCC(n3cc(-c4ccc(Oc5ccccc5)cc4)c4c(N)ncnc43)CC2)CC1.[B]=NS. The van der Waals surface area contributed by atoms with E-state index in [0.29, 0.717) is 35.8 Å². The number of hydrogen-bond acceptors (Lipinski definition) is 14. The molecule has 0 unspecified atom stereocenters. The summed E-state index contributed by atoms with van der Waals surface area (Å²) in [5.74, 6) is 4.28. The number of halogens is 1. The number of nitrogen functional groups attached to an aromatic ring is 2. The van der Waals surface area contributed by atoms with Gasteiger partial charge in [-0.25, -0.2) is 19.9 Å². The van der Waals surface area contributed by atoms with Crippen molar-refractivity contribution in [3.05, 3.63) is 133 Å². The summed E-state index contributed by atoms with van der Waals surface area (Å²) in [6.07, 6.45) is 14.9. The molecule has 0 bridgehead atoms. The molecule has 0 spiro atoms. The third kappa shape index (κ3) is 12.2. The Hall–Kier alpha value is -6.15. The van der Waals surface area contributed by atoms with Crippen molar-refractivity contribution < 1.29 is 9.47 Å². The van der Waals surface area contributed by atoms with E-state index in [9.17, 15) is 0 Å². The van der Waals surface area contributed by atoms with Crippen molar-refractivity contribution in [1.29, 1.82) is 0 Å². The maximum atomic E-state index is 6.45. The summed E-state index contributed by atoms with van der Waals surface area (Å²) in [6, 6.07) is 38.2. The van der Waals surface area contributed by atoms with Crippen LogP contribution in [0.4, 0.5) is 11.6 Å². The number of ether oxygens (including phenoxy) is 2. The fraction of sp³-hybridized carbons (Fsp3) is 0.379. The Morgan fingerprint density at radius 2 is 0.934 bits per heavy atom. The van der Waals surface area contributed by atoms with Crippen LogP contribution in [0.1, 0.15) is 63.5 Å². The molecule has 4 aliphatic rings. The van der Waals surface area contributed by atoms with Crippen LogP contribution in [0.2, 0.25) is 0 Å². The second-order valence-electron chi connectivity index (χ2n) is 20.5. The van der Waals surface area contributed by atoms with Crippen LogP contribution in [0, 0.1) is 0 Å². The van der Waals surface area contributed by atoms with Crippen LogP contribution >= 0.6 is 28.7 Å². The van der Waals surface area contributed by atoms with Gasteiger partial charge in [0.2, 0.25) is 0 Å². The number of thiol groups is 1. The Morgan fingerprint density at radius 1 is 0.526 bits per heavy atom. The first-order valence-electron chi connectivity index (χ1n) is 26.6. The van der Waals surface area contributed by atoms with Crippen LogP contribution in [-0.2, 0) is 0 Å². The van der Waals surface area contributed by atoms with Crippen LogP contribution in [0.3, 0.4) is 0 Å². The quantitative estimate of drug-likeness (QED) is 0.0881. The minimum atomic E-state index is 0.379. The molecule has 2 saturated heterocycles. The van der Waals surface area contributed by atoms with Crippen LogP contribution in [0.15, 0.2) is 137 Å². The predicted octanol–water partition coefficient (Wildman–Crippen LogP) is 11.4. The van der Waals surface area contributed by atoms with E-state index in [1.165, 1.54) is 78.0 Å². The van der Waals surface area contributed by atoms with E-state index in [1.54, 1.807) is 12.7 Å². The van der Waals surface area contributed by atoms with Gasteiger partial charge in [0.15, 0.2) is 0 Å². The standard InChI is InChI=1S/C29H33BrN6O.C29H34N6O.BHNS/c1-34-15-17-35(18-16-34)21-9-11-22(12-10-21)36-27(30)25(26-28(31)32-19-33-29(26)36)20-7-13-24(14-8-20)37-23-5-3-2-4-6-23;1-33-15-17-34(18-16-33)22-9-11-23(12-10-22)35-19-26(27-28(30)31-20-32-29(27)35)21-7-13-25(14-8-21)36-24-5-3-2-4-6-24;1-2-3/h2-8,13-14,19,21-22H,9-12,15-18H2,1H3,(H2,31,32,33);2-8,13-14,19-20,22-23H,9-12,15-18H2,1H3,(H2,30,31,32);3H. The second kappa shape index (κ2) is 24.9. The van der Waals surface area contributed by atoms with Crippen molar-refractivity contribution in [2.45, 2.75) is 75.5 Å². The minimum absolute atomic E-state index is 0.379. The Bertz CT molecular complexity index is 3150. The van der Waals surface area contributed by atoms with Gasteiger partial charge < -0.3 is 39.9 Å². The molecule has 8 aromatic rings. The van der Waals surface area contributed by atoms with Crippen LogP contribution in [0.5, 0.6) is 23.0 Å². The number of hydrogen-bond donors (Lipinski definition) is 3. The molecule has 393 valence electrons. The third-order valence-corrected chi connectivity index (χ3v) is 16.6. The van der Waals surface area contributed by atoms with E-state index < -0.39 is 0 Å². The zero-order valence-electron chi connectivity index (χ0n) is 43.5. The fourth-order valence-corrected chi connectivity index (χ4v) is 12.6. The zero-order valence-corrected chi connectivity index (χ0v) is 46.0. The van der Waals surface area contributed by atoms with Crippen LogP contribution in [0.25, 0.3) is 44.3 Å². The molecule has 15 nitrogen and oxygen atoms in total. The molecular formula is C58H68BBrN13O2S. The average molecular weight is 1100 g/mol. The molecule has 6 heterocycles. The van der Waals surface area contributed by atoms with Crippen molar-refractivity contribution in [3.63, 3.8) is 0 Å². The van der Waals surface area contributed by atoms with Gasteiger partial charge in [-0.05, 0) is 141 Å². The number of piperazine rings is 2. The summed E-state index contributed by atoms with van der Waals surface area (Å²) < 4.78 is 20.4. The first-order valence-corrected chi connectivity index (χ1v) is 27.8. The zero-order chi connectivity index (χ0) is 52.5. The number of nitrogens with zero attached hydrogens (tertiary/aromatic N) is 11. The average Bonchev–Trinajstić information content (AvgIpc) is 4.01. The Labute approximate surface area is 461 Å². The molecule has 76 heavy (non-hydrogen) atoms. The van der Waals surface area contributed by atoms with E-state index in [0.717, 1.165) is 97.6 Å². The van der Waals surface area contributed by atoms with Gasteiger partial charge in [-0.15, -0.1) is 0 Å². The topological polar surface area (TPSA) is 157 Å². The number of benzene rings is 4. The van der Waals surface area contributed by atoms with Gasteiger partial charge in [-0.3, -0.25) is 9.80 Å². The summed E-state index contributed by atoms with van der Waals surface area (Å²) in [4.78, 5) is 28.3. The summed E-state index contributed by atoms with van der Waals surface area (Å²) in [6.45, 7) is 9.44. The Morgan fingerprint density at radius 3 is 1.42 bits per heavy atom. The van der Waals surface area contributed by atoms with Crippen molar-refractivity contribution in [2.75, 3.05) is 77.9 Å². The molecule has 2 saturated carbocycles. The first-order chi connectivity index (χ1) is 37.1. The van der Waals surface area contributed by atoms with E-state index in [2.05, 4.69) is 129 Å². The number of fused-ring (bicyclic) bond motifs is 2. The monoisotopic (exact) mass is 1100 g/mol. The van der Waals surface area contributed by atoms with E-state index in [4.69, 9.17) is 25.9 Å². The van der Waals surface area contributed by atoms with Crippen LogP contribution < -0.4 is 20.9 Å². The molecular weight excluding hydrogens is 1030 g/mol. The van der Waals surface area contributed by atoms with Crippen molar-refractivity contribution >= 4 is 70.1 Å². The van der Waals surface area contributed by atoms with E-state index in [1.807, 2.05) is 84.9 Å². The molecule has 2 aliphatic carbocycles. The summed E-state index contributed by atoms with van der Waals surface area (Å²) in [5.41, 5.74) is 19.0. The van der Waals surface area contributed by atoms with Gasteiger partial charge in [0, 0.05) is 93.8 Å². The molecule has 18 heteroatoms. The summed E-state index contributed by atoms with van der Waals surface area (Å²) in [7, 11) is 8.78. The number of anilines is 2. The summed E-state index contributed by atoms with van der Waals surface area (Å²) in [5, 5.41) is 1.85. The molecule has 4 aromatic carbocycles. The normalized spacial score (nSPS) is 20.8. The number of rotatable bonds is 10. The predicted molar refractivity (Wildman–Crippen MR) is 313 cm³/mol. The number of para-hydroxylation sites is 2. The van der Waals surface area contributed by atoms with Crippen molar-refractivity contribution in [1.82, 2.24) is 48.7 Å². The number of nitrogens with two attached hydrogens (primary N) is 2. The first kappa shape index (κ1) is 53.3. The molecule has 12 rings (SSSR count). The molecule has 4 N–H and O–H groups in total. The molecule has 4 aromatic heterocycles. The number of aromatic nitrogens is 6. The van der Waals surface area contributed by atoms with Crippen LogP contribution in [-0.4, -0.2) is 135 Å². The third-order valence-electron chi connectivity index (χ3n) is 15.9.